The van der Waals surface area contributed by atoms with E-state index in [1.807, 2.05) is 37.3 Å². The van der Waals surface area contributed by atoms with E-state index in [9.17, 15) is 4.79 Å². The lowest BCUT2D eigenvalue weighted by Gasteiger charge is -2.05. The number of hydrogen-bond acceptors (Lipinski definition) is 6. The van der Waals surface area contributed by atoms with E-state index >= 15 is 0 Å². The van der Waals surface area contributed by atoms with Crippen LogP contribution in [-0.4, -0.2) is 32.4 Å². The van der Waals surface area contributed by atoms with Crippen molar-refractivity contribution in [2.75, 3.05) is 12.3 Å². The highest BCUT2D eigenvalue weighted by molar-refractivity contribution is 5.76. The van der Waals surface area contributed by atoms with Gasteiger partial charge >= 0.3 is 0 Å². The van der Waals surface area contributed by atoms with Gasteiger partial charge in [-0.2, -0.15) is 10.1 Å². The van der Waals surface area contributed by atoms with Gasteiger partial charge in [0.25, 0.3) is 0 Å². The van der Waals surface area contributed by atoms with Crippen molar-refractivity contribution in [3.8, 4) is 0 Å². The number of nitrogens with one attached hydrogen (secondary N) is 1. The van der Waals surface area contributed by atoms with Crippen LogP contribution in [0.3, 0.4) is 0 Å². The zero-order valence-electron chi connectivity index (χ0n) is 14.0. The van der Waals surface area contributed by atoms with E-state index < -0.39 is 0 Å². The molecule has 3 aromatic rings. The molecule has 0 bridgehead atoms. The Bertz CT molecular complexity index is 840. The number of hydrogen-bond donors (Lipinski definition) is 2. The Morgan fingerprint density at radius 3 is 2.84 bits per heavy atom. The number of aromatic nitrogens is 4. The third-order valence-electron chi connectivity index (χ3n) is 3.60. The van der Waals surface area contributed by atoms with Crippen LogP contribution in [0, 0.1) is 6.92 Å². The molecular formula is C17H20N6O2. The first-order chi connectivity index (χ1) is 12.1. The van der Waals surface area contributed by atoms with Crippen molar-refractivity contribution in [2.45, 2.75) is 26.3 Å². The summed E-state index contributed by atoms with van der Waals surface area (Å²) in [6.45, 7) is 2.32. The average Bonchev–Trinajstić information content (AvgIpc) is 3.14. The maximum Gasteiger partial charge on any atom is 0.241 e. The number of amides is 1. The molecule has 25 heavy (non-hydrogen) atoms. The van der Waals surface area contributed by atoms with Crippen molar-refractivity contribution in [1.29, 1.82) is 0 Å². The molecular weight excluding hydrogens is 320 g/mol. The van der Waals surface area contributed by atoms with Gasteiger partial charge in [-0.15, -0.1) is 0 Å². The van der Waals surface area contributed by atoms with E-state index in [0.29, 0.717) is 36.9 Å². The monoisotopic (exact) mass is 340 g/mol. The van der Waals surface area contributed by atoms with Gasteiger partial charge in [-0.1, -0.05) is 35.5 Å². The van der Waals surface area contributed by atoms with Crippen LogP contribution in [0.15, 0.2) is 40.9 Å². The molecule has 2 heterocycles. The van der Waals surface area contributed by atoms with Gasteiger partial charge in [0.15, 0.2) is 5.82 Å². The molecule has 1 aromatic carbocycles. The largest absolute Gasteiger partial charge is 0.384 e. The molecule has 0 fully saturated rings. The SMILES string of the molecule is Cc1cc(N)n(CC(=O)NCCc2nc(Cc3ccccc3)no2)n1. The minimum atomic E-state index is -0.168. The molecule has 0 atom stereocenters. The van der Waals surface area contributed by atoms with Crippen LogP contribution in [0.5, 0.6) is 0 Å². The molecule has 3 N–H and O–H groups in total. The summed E-state index contributed by atoms with van der Waals surface area (Å²) in [6, 6.07) is 11.7. The average molecular weight is 340 g/mol. The Morgan fingerprint density at radius 2 is 2.12 bits per heavy atom. The molecule has 0 unspecified atom stereocenters. The van der Waals surface area contributed by atoms with Gasteiger partial charge in [0.05, 0.1) is 5.69 Å². The molecule has 1 amide bonds. The number of benzene rings is 1. The normalized spacial score (nSPS) is 10.8. The van der Waals surface area contributed by atoms with Gasteiger partial charge < -0.3 is 15.6 Å². The second kappa shape index (κ2) is 7.61. The van der Waals surface area contributed by atoms with Crippen molar-refractivity contribution in [1.82, 2.24) is 25.2 Å². The van der Waals surface area contributed by atoms with E-state index in [4.69, 9.17) is 10.3 Å². The van der Waals surface area contributed by atoms with Crippen LogP contribution < -0.4 is 11.1 Å². The number of rotatable bonds is 7. The molecule has 0 saturated carbocycles. The predicted molar refractivity (Wildman–Crippen MR) is 91.6 cm³/mol. The molecule has 0 spiro atoms. The molecule has 0 aliphatic carbocycles. The van der Waals surface area contributed by atoms with Crippen LogP contribution in [0.2, 0.25) is 0 Å². The van der Waals surface area contributed by atoms with Crippen molar-refractivity contribution in [3.05, 3.63) is 59.4 Å². The highest BCUT2D eigenvalue weighted by Crippen LogP contribution is 2.07. The molecule has 0 aliphatic heterocycles. The maximum absolute atomic E-state index is 11.9. The molecule has 3 rings (SSSR count). The van der Waals surface area contributed by atoms with Crippen molar-refractivity contribution in [2.24, 2.45) is 0 Å². The Hall–Kier alpha value is -3.16. The summed E-state index contributed by atoms with van der Waals surface area (Å²) >= 11 is 0. The van der Waals surface area contributed by atoms with Crippen LogP contribution in [0.4, 0.5) is 5.82 Å². The van der Waals surface area contributed by atoms with Gasteiger partial charge in [0, 0.05) is 25.5 Å². The minimum Gasteiger partial charge on any atom is -0.384 e. The lowest BCUT2D eigenvalue weighted by atomic mass is 10.1. The number of carbonyl (C=O) groups excluding carboxylic acids is 1. The number of aryl methyl sites for hydroxylation is 1. The highest BCUT2D eigenvalue weighted by atomic mass is 16.5. The zero-order valence-corrected chi connectivity index (χ0v) is 14.0. The fourth-order valence-electron chi connectivity index (χ4n) is 2.43. The molecule has 8 heteroatoms. The lowest BCUT2D eigenvalue weighted by molar-refractivity contribution is -0.121. The van der Waals surface area contributed by atoms with Crippen LogP contribution in [0.25, 0.3) is 0 Å². The molecule has 0 aliphatic rings. The van der Waals surface area contributed by atoms with Crippen molar-refractivity contribution in [3.63, 3.8) is 0 Å². The summed E-state index contributed by atoms with van der Waals surface area (Å²) in [4.78, 5) is 16.3. The number of nitrogens with two attached hydrogens (primary N) is 1. The predicted octanol–water partition coefficient (Wildman–Crippen LogP) is 1.11. The van der Waals surface area contributed by atoms with E-state index in [1.165, 1.54) is 4.68 Å². The van der Waals surface area contributed by atoms with E-state index in [2.05, 4.69) is 20.6 Å². The van der Waals surface area contributed by atoms with Crippen molar-refractivity contribution >= 4 is 11.7 Å². The Morgan fingerprint density at radius 1 is 1.32 bits per heavy atom. The third kappa shape index (κ3) is 4.66. The molecule has 0 saturated heterocycles. The van der Waals surface area contributed by atoms with Crippen LogP contribution in [-0.2, 0) is 24.2 Å². The van der Waals surface area contributed by atoms with Gasteiger partial charge in [-0.05, 0) is 12.5 Å². The number of carbonyl (C=O) groups is 1. The molecule has 2 aromatic heterocycles. The molecule has 0 radical (unpaired) electrons. The second-order valence-corrected chi connectivity index (χ2v) is 5.73. The Labute approximate surface area is 145 Å². The zero-order chi connectivity index (χ0) is 17.6. The quantitative estimate of drug-likeness (QED) is 0.666. The molecule has 8 nitrogen and oxygen atoms in total. The van der Waals surface area contributed by atoms with Gasteiger partial charge in [-0.3, -0.25) is 4.79 Å². The Kier molecular flexibility index (Phi) is 5.08. The van der Waals surface area contributed by atoms with Crippen LogP contribution >= 0.6 is 0 Å². The summed E-state index contributed by atoms with van der Waals surface area (Å²) in [6.07, 6.45) is 1.09. The summed E-state index contributed by atoms with van der Waals surface area (Å²) in [5.74, 6) is 1.43. The fourth-order valence-corrected chi connectivity index (χ4v) is 2.43. The summed E-state index contributed by atoms with van der Waals surface area (Å²) < 4.78 is 6.68. The maximum atomic E-state index is 11.9. The molecule has 130 valence electrons. The third-order valence-corrected chi connectivity index (χ3v) is 3.60. The second-order valence-electron chi connectivity index (χ2n) is 5.73. The van der Waals surface area contributed by atoms with Gasteiger partial charge in [0.2, 0.25) is 11.8 Å². The fraction of sp³-hybridized carbons (Fsp3) is 0.294. The standard InChI is InChI=1S/C17H20N6O2/c1-12-9-14(18)23(21-12)11-16(24)19-8-7-17-20-15(22-25-17)10-13-5-3-2-4-6-13/h2-6,9H,7-8,10-11,18H2,1H3,(H,19,24). The topological polar surface area (TPSA) is 112 Å². The van der Waals surface area contributed by atoms with Gasteiger partial charge in [0.1, 0.15) is 12.4 Å². The number of nitrogens with zero attached hydrogens (tertiary/aromatic N) is 4. The number of nitrogen functional groups attached to an aromatic ring is 1. The van der Waals surface area contributed by atoms with Crippen LogP contribution in [0.1, 0.15) is 23.0 Å². The number of anilines is 1. The first kappa shape index (κ1) is 16.7. The Balaban J connectivity index is 1.44. The minimum absolute atomic E-state index is 0.0861. The van der Waals surface area contributed by atoms with E-state index in [0.717, 1.165) is 11.3 Å². The van der Waals surface area contributed by atoms with Crippen molar-refractivity contribution < 1.29 is 9.32 Å². The summed E-state index contributed by atoms with van der Waals surface area (Å²) in [7, 11) is 0. The summed E-state index contributed by atoms with van der Waals surface area (Å²) in [5.41, 5.74) is 7.66. The lowest BCUT2D eigenvalue weighted by Crippen LogP contribution is -2.30. The van der Waals surface area contributed by atoms with Gasteiger partial charge in [-0.25, -0.2) is 4.68 Å². The van der Waals surface area contributed by atoms with E-state index in [-0.39, 0.29) is 12.5 Å². The first-order valence-corrected chi connectivity index (χ1v) is 8.02. The smallest absolute Gasteiger partial charge is 0.241 e. The highest BCUT2D eigenvalue weighted by Gasteiger charge is 2.10. The summed E-state index contributed by atoms with van der Waals surface area (Å²) in [5, 5.41) is 10.9. The van der Waals surface area contributed by atoms with E-state index in [1.54, 1.807) is 6.07 Å². The first-order valence-electron chi connectivity index (χ1n) is 8.02.